The van der Waals surface area contributed by atoms with E-state index in [0.717, 1.165) is 11.1 Å². The Balaban J connectivity index is 1.58. The summed E-state index contributed by atoms with van der Waals surface area (Å²) in [5, 5.41) is 12.9. The second-order valence-electron chi connectivity index (χ2n) is 7.60. The predicted octanol–water partition coefficient (Wildman–Crippen LogP) is 2.70. The Bertz CT molecular complexity index is 833. The first-order valence-electron chi connectivity index (χ1n) is 9.72. The minimum atomic E-state index is -0.894. The molecule has 2 saturated heterocycles. The van der Waals surface area contributed by atoms with Gasteiger partial charge < -0.3 is 14.9 Å². The van der Waals surface area contributed by atoms with Gasteiger partial charge in [0.15, 0.2) is 0 Å². The van der Waals surface area contributed by atoms with Gasteiger partial charge >= 0.3 is 6.09 Å². The number of amides is 2. The Morgan fingerprint density at radius 3 is 2.14 bits per heavy atom. The van der Waals surface area contributed by atoms with E-state index in [9.17, 15) is 14.7 Å². The maximum absolute atomic E-state index is 13.3. The van der Waals surface area contributed by atoms with Gasteiger partial charge in [-0.3, -0.25) is 10.1 Å². The highest BCUT2D eigenvalue weighted by Crippen LogP contribution is 2.34. The average molecular weight is 379 g/mol. The molecule has 6 heteroatoms. The second kappa shape index (κ2) is 7.64. The summed E-state index contributed by atoms with van der Waals surface area (Å²) in [6, 6.07) is 19.7. The molecule has 1 unspecified atom stereocenters. The third-order valence-electron chi connectivity index (χ3n) is 5.85. The topological polar surface area (TPSA) is 72.9 Å². The standard InChI is InChI=1S/C22H25N3O3/c26-20-19(15-17-7-3-1-4-8-17)23-22(11-13-24(14-12-22)21(27)28)25(20)16-18-9-5-2-6-10-18/h1-10,19,23H,11-16H2,(H,27,28). The van der Waals surface area contributed by atoms with Crippen molar-refractivity contribution in [3.8, 4) is 0 Å². The van der Waals surface area contributed by atoms with Crippen LogP contribution in [0.15, 0.2) is 60.7 Å². The molecule has 0 aliphatic carbocycles. The zero-order valence-electron chi connectivity index (χ0n) is 15.8. The fraction of sp³-hybridized carbons (Fsp3) is 0.364. The van der Waals surface area contributed by atoms with Crippen molar-refractivity contribution in [2.45, 2.75) is 37.5 Å². The number of hydrogen-bond donors (Lipinski definition) is 2. The Hall–Kier alpha value is -2.86. The largest absolute Gasteiger partial charge is 0.465 e. The van der Waals surface area contributed by atoms with Crippen LogP contribution in [0.3, 0.4) is 0 Å². The van der Waals surface area contributed by atoms with Crippen LogP contribution >= 0.6 is 0 Å². The van der Waals surface area contributed by atoms with Crippen molar-refractivity contribution < 1.29 is 14.7 Å². The minimum Gasteiger partial charge on any atom is -0.465 e. The first kappa shape index (κ1) is 18.5. The molecule has 2 aliphatic rings. The lowest BCUT2D eigenvalue weighted by Crippen LogP contribution is -2.59. The van der Waals surface area contributed by atoms with Crippen LogP contribution in [0.2, 0.25) is 0 Å². The summed E-state index contributed by atoms with van der Waals surface area (Å²) in [5.41, 5.74) is 1.71. The molecule has 2 heterocycles. The molecule has 2 amide bonds. The summed E-state index contributed by atoms with van der Waals surface area (Å²) in [6.45, 7) is 1.39. The third-order valence-corrected chi connectivity index (χ3v) is 5.85. The monoisotopic (exact) mass is 379 g/mol. The number of rotatable bonds is 4. The van der Waals surface area contributed by atoms with Gasteiger partial charge in [-0.05, 0) is 17.5 Å². The van der Waals surface area contributed by atoms with Crippen molar-refractivity contribution in [1.29, 1.82) is 0 Å². The molecule has 2 fully saturated rings. The first-order valence-corrected chi connectivity index (χ1v) is 9.72. The van der Waals surface area contributed by atoms with Crippen LogP contribution in [0.25, 0.3) is 0 Å². The van der Waals surface area contributed by atoms with Crippen molar-refractivity contribution in [2.24, 2.45) is 0 Å². The number of carboxylic acid groups (broad SMARTS) is 1. The van der Waals surface area contributed by atoms with E-state index in [2.05, 4.69) is 5.32 Å². The molecule has 28 heavy (non-hydrogen) atoms. The van der Waals surface area contributed by atoms with Crippen LogP contribution in [0.1, 0.15) is 24.0 Å². The van der Waals surface area contributed by atoms with Crippen molar-refractivity contribution in [3.05, 3.63) is 71.8 Å². The molecular weight excluding hydrogens is 354 g/mol. The highest BCUT2D eigenvalue weighted by molar-refractivity contribution is 5.85. The van der Waals surface area contributed by atoms with Gasteiger partial charge in [-0.2, -0.15) is 0 Å². The molecular formula is C22H25N3O3. The highest BCUT2D eigenvalue weighted by Gasteiger charge is 2.51. The van der Waals surface area contributed by atoms with E-state index < -0.39 is 11.8 Å². The van der Waals surface area contributed by atoms with Gasteiger partial charge in [0.25, 0.3) is 0 Å². The van der Waals surface area contributed by atoms with Crippen LogP contribution < -0.4 is 5.32 Å². The molecule has 1 atom stereocenters. The van der Waals surface area contributed by atoms with E-state index in [4.69, 9.17) is 0 Å². The lowest BCUT2D eigenvalue weighted by Gasteiger charge is -2.44. The second-order valence-corrected chi connectivity index (χ2v) is 7.60. The van der Waals surface area contributed by atoms with E-state index in [1.165, 1.54) is 4.90 Å². The molecule has 0 radical (unpaired) electrons. The van der Waals surface area contributed by atoms with E-state index >= 15 is 0 Å². The summed E-state index contributed by atoms with van der Waals surface area (Å²) in [7, 11) is 0. The molecule has 2 aliphatic heterocycles. The summed E-state index contributed by atoms with van der Waals surface area (Å²) in [4.78, 5) is 28.0. The number of benzene rings is 2. The zero-order chi connectivity index (χ0) is 19.6. The molecule has 6 nitrogen and oxygen atoms in total. The van der Waals surface area contributed by atoms with Crippen molar-refractivity contribution >= 4 is 12.0 Å². The number of nitrogens with zero attached hydrogens (tertiary/aromatic N) is 2. The molecule has 1 spiro atoms. The normalized spacial score (nSPS) is 21.3. The van der Waals surface area contributed by atoms with Crippen molar-refractivity contribution in [2.75, 3.05) is 13.1 Å². The highest BCUT2D eigenvalue weighted by atomic mass is 16.4. The van der Waals surface area contributed by atoms with Crippen LogP contribution in [0.5, 0.6) is 0 Å². The molecule has 0 aromatic heterocycles. The Morgan fingerprint density at radius 2 is 1.57 bits per heavy atom. The SMILES string of the molecule is O=C(O)N1CCC2(CC1)NC(Cc1ccccc1)C(=O)N2Cc1ccccc1. The number of carbonyl (C=O) groups excluding carboxylic acids is 1. The lowest BCUT2D eigenvalue weighted by atomic mass is 9.95. The van der Waals surface area contributed by atoms with E-state index in [-0.39, 0.29) is 11.9 Å². The number of nitrogens with one attached hydrogen (secondary N) is 1. The lowest BCUT2D eigenvalue weighted by molar-refractivity contribution is -0.134. The van der Waals surface area contributed by atoms with Crippen LogP contribution in [0, 0.1) is 0 Å². The summed E-state index contributed by atoms with van der Waals surface area (Å²) in [5.74, 6) is 0.0940. The van der Waals surface area contributed by atoms with Gasteiger partial charge in [0.05, 0.1) is 11.7 Å². The quantitative estimate of drug-likeness (QED) is 0.857. The predicted molar refractivity (Wildman–Crippen MR) is 106 cm³/mol. The van der Waals surface area contributed by atoms with Gasteiger partial charge in [-0.25, -0.2) is 4.79 Å². The molecule has 2 aromatic carbocycles. The number of carbonyl (C=O) groups is 2. The molecule has 146 valence electrons. The number of likely N-dealkylation sites (tertiary alicyclic amines) is 1. The van der Waals surface area contributed by atoms with Gasteiger partial charge in [-0.1, -0.05) is 60.7 Å². The maximum Gasteiger partial charge on any atom is 0.407 e. The Morgan fingerprint density at radius 1 is 1.00 bits per heavy atom. The van der Waals surface area contributed by atoms with Crippen LogP contribution in [-0.2, 0) is 17.8 Å². The molecule has 4 rings (SSSR count). The Kier molecular flexibility index (Phi) is 5.05. The fourth-order valence-corrected chi connectivity index (χ4v) is 4.33. The van der Waals surface area contributed by atoms with Crippen LogP contribution in [0.4, 0.5) is 4.79 Å². The van der Waals surface area contributed by atoms with Crippen molar-refractivity contribution in [3.63, 3.8) is 0 Å². The summed E-state index contributed by atoms with van der Waals surface area (Å²) >= 11 is 0. The minimum absolute atomic E-state index is 0.0940. The Labute approximate surface area is 164 Å². The van der Waals surface area contributed by atoms with Gasteiger partial charge in [0.2, 0.25) is 5.91 Å². The maximum atomic E-state index is 13.3. The fourth-order valence-electron chi connectivity index (χ4n) is 4.33. The van der Waals surface area contributed by atoms with E-state index in [1.807, 2.05) is 65.6 Å². The summed E-state index contributed by atoms with van der Waals surface area (Å²) < 4.78 is 0. The van der Waals surface area contributed by atoms with Crippen molar-refractivity contribution in [1.82, 2.24) is 15.1 Å². The van der Waals surface area contributed by atoms with Gasteiger partial charge in [0, 0.05) is 32.5 Å². The molecule has 2 aromatic rings. The van der Waals surface area contributed by atoms with Crippen LogP contribution in [-0.4, -0.2) is 51.7 Å². The number of piperidine rings is 1. The first-order chi connectivity index (χ1) is 13.6. The molecule has 2 N–H and O–H groups in total. The van der Waals surface area contributed by atoms with Gasteiger partial charge in [-0.15, -0.1) is 0 Å². The molecule has 0 bridgehead atoms. The average Bonchev–Trinajstić information content (AvgIpc) is 2.95. The zero-order valence-corrected chi connectivity index (χ0v) is 15.8. The van der Waals surface area contributed by atoms with E-state index in [0.29, 0.717) is 38.9 Å². The number of hydrogen-bond acceptors (Lipinski definition) is 3. The van der Waals surface area contributed by atoms with Gasteiger partial charge in [0.1, 0.15) is 0 Å². The van der Waals surface area contributed by atoms with E-state index in [1.54, 1.807) is 0 Å². The summed E-state index contributed by atoms with van der Waals surface area (Å²) in [6.07, 6.45) is 0.941. The smallest absolute Gasteiger partial charge is 0.407 e. The molecule has 0 saturated carbocycles. The third kappa shape index (κ3) is 3.60.